The van der Waals surface area contributed by atoms with E-state index in [9.17, 15) is 0 Å². The van der Waals surface area contributed by atoms with Crippen molar-refractivity contribution in [1.29, 1.82) is 0 Å². The van der Waals surface area contributed by atoms with Gasteiger partial charge in [-0.25, -0.2) is 4.98 Å². The summed E-state index contributed by atoms with van der Waals surface area (Å²) in [6, 6.07) is 6.19. The molecule has 0 unspecified atom stereocenters. The summed E-state index contributed by atoms with van der Waals surface area (Å²) in [6.07, 6.45) is 7.90. The van der Waals surface area contributed by atoms with Gasteiger partial charge in [-0.15, -0.1) is 0 Å². The highest BCUT2D eigenvalue weighted by molar-refractivity contribution is 5.46. The summed E-state index contributed by atoms with van der Waals surface area (Å²) in [5.41, 5.74) is 1.62. The number of ether oxygens (including phenoxy) is 2. The van der Waals surface area contributed by atoms with Crippen molar-refractivity contribution in [3.8, 4) is 11.5 Å². The average molecular weight is 399 g/mol. The van der Waals surface area contributed by atoms with Crippen LogP contribution in [-0.2, 0) is 19.6 Å². The first-order valence-electron chi connectivity index (χ1n) is 10.8. The van der Waals surface area contributed by atoms with Crippen molar-refractivity contribution >= 4 is 0 Å². The normalized spacial score (nSPS) is 23.0. The van der Waals surface area contributed by atoms with Crippen molar-refractivity contribution in [2.75, 3.05) is 40.4 Å². The Kier molecular flexibility index (Phi) is 6.11. The lowest BCUT2D eigenvalue weighted by Crippen LogP contribution is -2.44. The molecule has 1 spiro atoms. The predicted molar refractivity (Wildman–Crippen MR) is 114 cm³/mol. The van der Waals surface area contributed by atoms with Crippen molar-refractivity contribution in [2.45, 2.75) is 45.8 Å². The number of methoxy groups -OCH3 is 2. The van der Waals surface area contributed by atoms with E-state index in [4.69, 9.17) is 9.47 Å². The van der Waals surface area contributed by atoms with Gasteiger partial charge in [0.1, 0.15) is 5.82 Å². The molecule has 29 heavy (non-hydrogen) atoms. The maximum absolute atomic E-state index is 5.65. The molecule has 2 fully saturated rings. The molecule has 2 aliphatic heterocycles. The lowest BCUT2D eigenvalue weighted by atomic mass is 9.79. The number of likely N-dealkylation sites (tertiary alicyclic amines) is 2. The van der Waals surface area contributed by atoms with E-state index < -0.39 is 0 Å². The lowest BCUT2D eigenvalue weighted by molar-refractivity contribution is 0.0855. The number of benzene rings is 1. The van der Waals surface area contributed by atoms with Gasteiger partial charge >= 0.3 is 0 Å². The minimum Gasteiger partial charge on any atom is -0.493 e. The molecule has 0 bridgehead atoms. The maximum Gasteiger partial charge on any atom is 0.165 e. The van der Waals surface area contributed by atoms with E-state index in [2.05, 4.69) is 44.6 Å². The monoisotopic (exact) mass is 398 g/mol. The zero-order valence-corrected chi connectivity index (χ0v) is 18.1. The van der Waals surface area contributed by atoms with Crippen LogP contribution in [0.4, 0.5) is 0 Å². The van der Waals surface area contributed by atoms with Gasteiger partial charge in [-0.1, -0.05) is 12.1 Å². The van der Waals surface area contributed by atoms with Gasteiger partial charge in [0, 0.05) is 44.1 Å². The summed E-state index contributed by atoms with van der Waals surface area (Å²) >= 11 is 0. The quantitative estimate of drug-likeness (QED) is 0.715. The van der Waals surface area contributed by atoms with Gasteiger partial charge in [0.2, 0.25) is 0 Å². The molecule has 0 amide bonds. The first-order valence-corrected chi connectivity index (χ1v) is 10.8. The molecule has 0 N–H and O–H groups in total. The molecule has 2 saturated heterocycles. The SMILES string of the molecule is CCn1ccnc1CN1CC[C@]2(CCCN(Cc3cccc(OC)c3OC)C2)C1. The van der Waals surface area contributed by atoms with E-state index in [1.54, 1.807) is 14.2 Å². The van der Waals surface area contributed by atoms with Crippen LogP contribution in [0.2, 0.25) is 0 Å². The molecule has 1 aromatic carbocycles. The maximum atomic E-state index is 5.65. The summed E-state index contributed by atoms with van der Waals surface area (Å²) in [5.74, 6) is 2.88. The lowest BCUT2D eigenvalue weighted by Gasteiger charge is -2.40. The highest BCUT2D eigenvalue weighted by Crippen LogP contribution is 2.40. The van der Waals surface area contributed by atoms with Crippen LogP contribution in [-0.4, -0.2) is 59.7 Å². The minimum absolute atomic E-state index is 0.411. The number of para-hydroxylation sites is 1. The Bertz CT molecular complexity index is 821. The molecule has 1 atom stereocenters. The number of rotatable bonds is 7. The van der Waals surface area contributed by atoms with Crippen molar-refractivity contribution in [3.63, 3.8) is 0 Å². The molecule has 1 aromatic heterocycles. The number of aryl methyl sites for hydroxylation is 1. The third-order valence-corrected chi connectivity index (χ3v) is 6.64. The molecule has 6 nitrogen and oxygen atoms in total. The topological polar surface area (TPSA) is 42.8 Å². The van der Waals surface area contributed by atoms with Crippen LogP contribution in [0.3, 0.4) is 0 Å². The van der Waals surface area contributed by atoms with Gasteiger partial charge in [0.05, 0.1) is 20.8 Å². The van der Waals surface area contributed by atoms with Crippen molar-refractivity contribution in [3.05, 3.63) is 42.0 Å². The largest absolute Gasteiger partial charge is 0.493 e. The molecular formula is C23H34N4O2. The number of hydrogen-bond acceptors (Lipinski definition) is 5. The van der Waals surface area contributed by atoms with Crippen LogP contribution < -0.4 is 9.47 Å². The Hall–Kier alpha value is -2.05. The summed E-state index contributed by atoms with van der Waals surface area (Å²) in [7, 11) is 3.43. The molecule has 3 heterocycles. The molecule has 158 valence electrons. The van der Waals surface area contributed by atoms with Gasteiger partial charge in [-0.05, 0) is 50.8 Å². The van der Waals surface area contributed by atoms with Crippen LogP contribution in [0, 0.1) is 5.41 Å². The number of imidazole rings is 1. The molecule has 2 aliphatic rings. The number of nitrogens with zero attached hydrogens (tertiary/aromatic N) is 4. The first kappa shape index (κ1) is 20.2. The van der Waals surface area contributed by atoms with E-state index in [1.807, 2.05) is 12.3 Å². The van der Waals surface area contributed by atoms with Gasteiger partial charge in [-0.3, -0.25) is 9.80 Å². The van der Waals surface area contributed by atoms with Crippen LogP contribution >= 0.6 is 0 Å². The van der Waals surface area contributed by atoms with E-state index in [-0.39, 0.29) is 0 Å². The molecule has 0 radical (unpaired) electrons. The summed E-state index contributed by atoms with van der Waals surface area (Å²) in [5, 5.41) is 0. The van der Waals surface area contributed by atoms with Crippen molar-refractivity contribution in [1.82, 2.24) is 19.4 Å². The average Bonchev–Trinajstić information content (AvgIpc) is 3.34. The molecule has 4 rings (SSSR count). The summed E-state index contributed by atoms with van der Waals surface area (Å²) in [4.78, 5) is 9.79. The zero-order chi connectivity index (χ0) is 20.3. The molecule has 2 aromatic rings. The van der Waals surface area contributed by atoms with Crippen LogP contribution in [0.25, 0.3) is 0 Å². The van der Waals surface area contributed by atoms with E-state index >= 15 is 0 Å². The second-order valence-corrected chi connectivity index (χ2v) is 8.56. The first-order chi connectivity index (χ1) is 14.2. The van der Waals surface area contributed by atoms with Crippen LogP contribution in [0.5, 0.6) is 11.5 Å². The number of aromatic nitrogens is 2. The van der Waals surface area contributed by atoms with E-state index in [1.165, 1.54) is 43.7 Å². The fraction of sp³-hybridized carbons (Fsp3) is 0.609. The van der Waals surface area contributed by atoms with Crippen molar-refractivity contribution in [2.24, 2.45) is 5.41 Å². The summed E-state index contributed by atoms with van der Waals surface area (Å²) in [6.45, 7) is 9.72. The number of piperidine rings is 1. The Morgan fingerprint density at radius 2 is 1.86 bits per heavy atom. The second kappa shape index (κ2) is 8.76. The molecular weight excluding hydrogens is 364 g/mol. The third kappa shape index (κ3) is 4.28. The predicted octanol–water partition coefficient (Wildman–Crippen LogP) is 3.41. The Balaban J connectivity index is 1.41. The van der Waals surface area contributed by atoms with Gasteiger partial charge in [0.25, 0.3) is 0 Å². The Morgan fingerprint density at radius 3 is 2.62 bits per heavy atom. The van der Waals surface area contributed by atoms with Gasteiger partial charge in [0.15, 0.2) is 11.5 Å². The van der Waals surface area contributed by atoms with Crippen molar-refractivity contribution < 1.29 is 9.47 Å². The molecule has 6 heteroatoms. The van der Waals surface area contributed by atoms with E-state index in [0.717, 1.165) is 44.2 Å². The van der Waals surface area contributed by atoms with Gasteiger partial charge < -0.3 is 14.0 Å². The Morgan fingerprint density at radius 1 is 1.03 bits per heavy atom. The van der Waals surface area contributed by atoms with Gasteiger partial charge in [-0.2, -0.15) is 0 Å². The highest BCUT2D eigenvalue weighted by atomic mass is 16.5. The third-order valence-electron chi connectivity index (χ3n) is 6.64. The minimum atomic E-state index is 0.411. The van der Waals surface area contributed by atoms with E-state index in [0.29, 0.717) is 5.41 Å². The smallest absolute Gasteiger partial charge is 0.165 e. The van der Waals surface area contributed by atoms with Crippen LogP contribution in [0.15, 0.2) is 30.6 Å². The second-order valence-electron chi connectivity index (χ2n) is 8.56. The Labute approximate surface area is 174 Å². The molecule has 0 saturated carbocycles. The van der Waals surface area contributed by atoms with Crippen LogP contribution in [0.1, 0.15) is 37.6 Å². The fourth-order valence-corrected chi connectivity index (χ4v) is 5.24. The molecule has 0 aliphatic carbocycles. The standard InChI is InChI=1S/C23H34N4O2/c1-4-27-14-11-24-21(27)16-26-13-10-23(18-26)9-6-12-25(17-23)15-19-7-5-8-20(28-2)22(19)29-3/h5,7-8,11,14H,4,6,9-10,12-13,15-18H2,1-3H3/t23-/m0/s1. The summed E-state index contributed by atoms with van der Waals surface area (Å²) < 4.78 is 13.4. The highest BCUT2D eigenvalue weighted by Gasteiger charge is 2.41. The fourth-order valence-electron chi connectivity index (χ4n) is 5.24. The number of hydrogen-bond donors (Lipinski definition) is 0. The zero-order valence-electron chi connectivity index (χ0n) is 18.1.